The van der Waals surface area contributed by atoms with Gasteiger partial charge in [-0.25, -0.2) is 0 Å². The fraction of sp³-hybridized carbons (Fsp3) is 0.231. The number of ether oxygens (including phenoxy) is 2. The molecule has 3 rings (SSSR count). The van der Waals surface area contributed by atoms with Gasteiger partial charge in [0.2, 0.25) is 0 Å². The number of rotatable bonds is 10. The molecule has 0 amide bonds. The van der Waals surface area contributed by atoms with Gasteiger partial charge in [-0.05, 0) is 49.2 Å². The minimum atomic E-state index is -4.03. The van der Waals surface area contributed by atoms with Crippen LogP contribution in [0.2, 0.25) is 0 Å². The molecule has 0 aliphatic carbocycles. The van der Waals surface area contributed by atoms with Crippen LogP contribution < -0.4 is 9.92 Å². The van der Waals surface area contributed by atoms with Gasteiger partial charge in [-0.2, -0.15) is 8.42 Å². The Morgan fingerprint density at radius 1 is 0.829 bits per heavy atom. The van der Waals surface area contributed by atoms with E-state index in [0.717, 1.165) is 5.56 Å². The Bertz CT molecular complexity index is 1230. The summed E-state index contributed by atoms with van der Waals surface area (Å²) in [5.74, 6) is -2.60. The van der Waals surface area contributed by atoms with E-state index in [1.54, 1.807) is 44.2 Å². The van der Waals surface area contributed by atoms with Gasteiger partial charge >= 0.3 is 22.1 Å². The van der Waals surface area contributed by atoms with E-state index in [-0.39, 0.29) is 17.3 Å². The van der Waals surface area contributed by atoms with Gasteiger partial charge < -0.3 is 19.4 Å². The Morgan fingerprint density at radius 2 is 1.40 bits per heavy atom. The van der Waals surface area contributed by atoms with Crippen molar-refractivity contribution in [1.82, 2.24) is 0 Å². The lowest BCUT2D eigenvalue weighted by Crippen LogP contribution is -2.42. The summed E-state index contributed by atoms with van der Waals surface area (Å²) in [6.45, 7) is 3.36. The third kappa shape index (κ3) is 7.14. The minimum Gasteiger partial charge on any atom is -0.462 e. The molecule has 0 spiro atoms. The molecule has 3 aromatic carbocycles. The molecular formula is C26H27NO7S. The molecule has 8 nitrogen and oxygen atoms in total. The topological polar surface area (TPSA) is 122 Å². The van der Waals surface area contributed by atoms with Gasteiger partial charge in [-0.15, -0.1) is 0 Å². The number of esters is 2. The molecule has 0 saturated carbocycles. The SMILES string of the molecule is CC(C)OC(=O)C(c1ccc(OS(=O)(=O)c2ccccc2)cc1)C(N)C(=O)OCc1ccccc1. The zero-order valence-corrected chi connectivity index (χ0v) is 20.2. The second-order valence-corrected chi connectivity index (χ2v) is 9.55. The van der Waals surface area contributed by atoms with Gasteiger partial charge in [-0.1, -0.05) is 60.7 Å². The number of hydrogen-bond donors (Lipinski definition) is 1. The van der Waals surface area contributed by atoms with Crippen LogP contribution in [0, 0.1) is 0 Å². The Morgan fingerprint density at radius 3 is 1.97 bits per heavy atom. The largest absolute Gasteiger partial charge is 0.462 e. The molecule has 0 aromatic heterocycles. The smallest absolute Gasteiger partial charge is 0.339 e. The average Bonchev–Trinajstić information content (AvgIpc) is 2.84. The van der Waals surface area contributed by atoms with Crippen LogP contribution in [0.3, 0.4) is 0 Å². The van der Waals surface area contributed by atoms with E-state index in [4.69, 9.17) is 19.4 Å². The van der Waals surface area contributed by atoms with Crippen molar-refractivity contribution in [3.8, 4) is 5.75 Å². The normalized spacial score (nSPS) is 13.0. The number of hydrogen-bond acceptors (Lipinski definition) is 8. The van der Waals surface area contributed by atoms with Crippen LogP contribution in [0.5, 0.6) is 5.75 Å². The molecule has 0 aliphatic heterocycles. The van der Waals surface area contributed by atoms with Crippen LogP contribution in [-0.2, 0) is 35.8 Å². The molecule has 0 radical (unpaired) electrons. The molecule has 0 aliphatic rings. The second-order valence-electron chi connectivity index (χ2n) is 8.00. The summed E-state index contributed by atoms with van der Waals surface area (Å²) in [4.78, 5) is 25.5. The van der Waals surface area contributed by atoms with Crippen molar-refractivity contribution in [2.24, 2.45) is 5.73 Å². The molecule has 2 atom stereocenters. The average molecular weight is 498 g/mol. The maximum Gasteiger partial charge on any atom is 0.339 e. The summed E-state index contributed by atoms with van der Waals surface area (Å²) in [5.41, 5.74) is 7.27. The Balaban J connectivity index is 1.78. The maximum absolute atomic E-state index is 12.8. The van der Waals surface area contributed by atoms with Crippen molar-refractivity contribution in [3.05, 3.63) is 96.1 Å². The molecule has 0 bridgehead atoms. The van der Waals surface area contributed by atoms with Crippen molar-refractivity contribution >= 4 is 22.1 Å². The predicted molar refractivity (Wildman–Crippen MR) is 129 cm³/mol. The van der Waals surface area contributed by atoms with E-state index in [0.29, 0.717) is 5.56 Å². The van der Waals surface area contributed by atoms with Gasteiger partial charge in [0.15, 0.2) is 0 Å². The van der Waals surface area contributed by atoms with Crippen molar-refractivity contribution in [2.75, 3.05) is 0 Å². The number of carbonyl (C=O) groups is 2. The van der Waals surface area contributed by atoms with Crippen LogP contribution >= 0.6 is 0 Å². The van der Waals surface area contributed by atoms with Gasteiger partial charge in [-0.3, -0.25) is 9.59 Å². The van der Waals surface area contributed by atoms with E-state index in [1.165, 1.54) is 36.4 Å². The zero-order chi connectivity index (χ0) is 25.4. The molecule has 0 saturated heterocycles. The summed E-state index contributed by atoms with van der Waals surface area (Å²) in [6.07, 6.45) is -0.434. The lowest BCUT2D eigenvalue weighted by atomic mass is 9.91. The highest BCUT2D eigenvalue weighted by Gasteiger charge is 2.35. The summed E-state index contributed by atoms with van der Waals surface area (Å²) in [5, 5.41) is 0. The van der Waals surface area contributed by atoms with Crippen molar-refractivity contribution in [3.63, 3.8) is 0 Å². The first-order chi connectivity index (χ1) is 16.7. The van der Waals surface area contributed by atoms with Crippen LogP contribution in [0.4, 0.5) is 0 Å². The Hall–Kier alpha value is -3.69. The fourth-order valence-electron chi connectivity index (χ4n) is 3.25. The van der Waals surface area contributed by atoms with Crippen LogP contribution in [0.15, 0.2) is 89.8 Å². The third-order valence-electron chi connectivity index (χ3n) is 4.94. The maximum atomic E-state index is 12.8. The zero-order valence-electron chi connectivity index (χ0n) is 19.4. The first-order valence-electron chi connectivity index (χ1n) is 10.9. The first kappa shape index (κ1) is 25.9. The van der Waals surface area contributed by atoms with Crippen molar-refractivity contribution in [1.29, 1.82) is 0 Å². The van der Waals surface area contributed by atoms with Crippen LogP contribution in [-0.4, -0.2) is 32.5 Å². The van der Waals surface area contributed by atoms with Crippen molar-refractivity contribution in [2.45, 2.75) is 43.4 Å². The standard InChI is InChI=1S/C26H27NO7S/c1-18(2)33-25(28)23(24(27)26(29)32-17-19-9-5-3-6-10-19)20-13-15-21(16-14-20)34-35(30,31)22-11-7-4-8-12-22/h3-16,18,23-24H,17,27H2,1-2H3. The predicted octanol–water partition coefficient (Wildman–Crippen LogP) is 3.56. The molecule has 9 heteroatoms. The third-order valence-corrected chi connectivity index (χ3v) is 6.20. The highest BCUT2D eigenvalue weighted by Crippen LogP contribution is 2.26. The highest BCUT2D eigenvalue weighted by molar-refractivity contribution is 7.87. The quantitative estimate of drug-likeness (QED) is 0.333. The van der Waals surface area contributed by atoms with E-state index in [2.05, 4.69) is 0 Å². The summed E-state index contributed by atoms with van der Waals surface area (Å²) in [7, 11) is -4.03. The summed E-state index contributed by atoms with van der Waals surface area (Å²) in [6, 6.07) is 21.1. The highest BCUT2D eigenvalue weighted by atomic mass is 32.2. The Labute approximate surface area is 204 Å². The number of benzene rings is 3. The molecule has 184 valence electrons. The van der Waals surface area contributed by atoms with Gasteiger partial charge in [0.05, 0.1) is 6.10 Å². The summed E-state index contributed by atoms with van der Waals surface area (Å²) >= 11 is 0. The monoisotopic (exact) mass is 497 g/mol. The minimum absolute atomic E-state index is 0.00342. The van der Waals surface area contributed by atoms with E-state index < -0.39 is 40.1 Å². The molecule has 3 aromatic rings. The molecular weight excluding hydrogens is 470 g/mol. The van der Waals surface area contributed by atoms with Gasteiger partial charge in [0.25, 0.3) is 0 Å². The lowest BCUT2D eigenvalue weighted by Gasteiger charge is -2.23. The Kier molecular flexibility index (Phi) is 8.62. The molecule has 0 heterocycles. The number of nitrogens with two attached hydrogens (primary N) is 1. The van der Waals surface area contributed by atoms with E-state index in [1.807, 2.05) is 18.2 Å². The van der Waals surface area contributed by atoms with E-state index >= 15 is 0 Å². The van der Waals surface area contributed by atoms with Gasteiger partial charge in [0.1, 0.15) is 29.2 Å². The fourth-order valence-corrected chi connectivity index (χ4v) is 4.20. The molecule has 0 fully saturated rings. The lowest BCUT2D eigenvalue weighted by molar-refractivity contribution is -0.156. The first-order valence-corrected chi connectivity index (χ1v) is 12.3. The molecule has 2 unspecified atom stereocenters. The molecule has 35 heavy (non-hydrogen) atoms. The van der Waals surface area contributed by atoms with Crippen LogP contribution in [0.25, 0.3) is 0 Å². The van der Waals surface area contributed by atoms with E-state index in [9.17, 15) is 18.0 Å². The second kappa shape index (κ2) is 11.6. The van der Waals surface area contributed by atoms with Crippen molar-refractivity contribution < 1.29 is 31.7 Å². The van der Waals surface area contributed by atoms with Crippen LogP contribution in [0.1, 0.15) is 30.9 Å². The summed E-state index contributed by atoms with van der Waals surface area (Å²) < 4.78 is 40.7. The van der Waals surface area contributed by atoms with Gasteiger partial charge in [0, 0.05) is 0 Å². The number of carbonyl (C=O) groups excluding carboxylic acids is 2. The molecule has 2 N–H and O–H groups in total.